The van der Waals surface area contributed by atoms with Gasteiger partial charge in [-0.1, -0.05) is 19.1 Å². The van der Waals surface area contributed by atoms with Crippen molar-refractivity contribution in [2.24, 2.45) is 5.41 Å². The molecule has 0 radical (unpaired) electrons. The quantitative estimate of drug-likeness (QED) is 0.819. The highest BCUT2D eigenvalue weighted by atomic mass is 16.5. The molecule has 6 heteroatoms. The summed E-state index contributed by atoms with van der Waals surface area (Å²) in [5.74, 6) is 0.885. The number of imide groups is 1. The molecule has 2 aliphatic rings. The first kappa shape index (κ1) is 18.4. The van der Waals surface area contributed by atoms with E-state index in [1.54, 1.807) is 14.0 Å². The van der Waals surface area contributed by atoms with Crippen molar-refractivity contribution in [1.29, 1.82) is 0 Å². The molecule has 2 heterocycles. The van der Waals surface area contributed by atoms with E-state index in [2.05, 4.69) is 17.4 Å². The van der Waals surface area contributed by atoms with Gasteiger partial charge in [-0.2, -0.15) is 0 Å². The Kier molecular flexibility index (Phi) is 5.30. The molecule has 1 unspecified atom stereocenters. The molecule has 1 atom stereocenters. The van der Waals surface area contributed by atoms with Gasteiger partial charge in [-0.3, -0.25) is 19.7 Å². The van der Waals surface area contributed by atoms with Crippen molar-refractivity contribution in [3.8, 4) is 5.75 Å². The fourth-order valence-corrected chi connectivity index (χ4v) is 3.84. The number of nitrogens with zero attached hydrogens (tertiary/aromatic N) is 1. The Bertz CT molecular complexity index is 692. The van der Waals surface area contributed by atoms with E-state index < -0.39 is 5.41 Å². The van der Waals surface area contributed by atoms with Crippen molar-refractivity contribution in [3.05, 3.63) is 29.8 Å². The number of benzene rings is 1. The summed E-state index contributed by atoms with van der Waals surface area (Å²) in [5.41, 5.74) is 0.542. The Morgan fingerprint density at radius 3 is 2.42 bits per heavy atom. The van der Waals surface area contributed by atoms with Gasteiger partial charge in [0.05, 0.1) is 12.5 Å². The van der Waals surface area contributed by atoms with Crippen LogP contribution in [0.4, 0.5) is 0 Å². The molecule has 1 N–H and O–H groups in total. The van der Waals surface area contributed by atoms with Gasteiger partial charge in [0.15, 0.2) is 0 Å². The Morgan fingerprint density at radius 1 is 1.23 bits per heavy atom. The van der Waals surface area contributed by atoms with Crippen LogP contribution in [0.1, 0.15) is 50.5 Å². The monoisotopic (exact) mass is 358 g/mol. The first-order valence-electron chi connectivity index (χ1n) is 9.17. The van der Waals surface area contributed by atoms with E-state index in [1.807, 2.05) is 17.0 Å². The Hall–Kier alpha value is -2.37. The van der Waals surface area contributed by atoms with Gasteiger partial charge in [0.2, 0.25) is 17.7 Å². The van der Waals surface area contributed by atoms with Crippen LogP contribution >= 0.6 is 0 Å². The van der Waals surface area contributed by atoms with E-state index in [0.29, 0.717) is 18.8 Å². The van der Waals surface area contributed by atoms with Crippen LogP contribution < -0.4 is 10.1 Å². The summed E-state index contributed by atoms with van der Waals surface area (Å²) in [6.07, 6.45) is 2.79. The third kappa shape index (κ3) is 3.89. The third-order valence-corrected chi connectivity index (χ3v) is 5.68. The molecule has 0 aliphatic carbocycles. The van der Waals surface area contributed by atoms with Gasteiger partial charge < -0.3 is 9.64 Å². The minimum atomic E-state index is -0.742. The van der Waals surface area contributed by atoms with E-state index in [0.717, 1.165) is 31.7 Å². The standard InChI is InChI=1S/C20H26N2O4/c1-20(13-17(23)21-19(20)25)10-7-18(24)22-11-8-15(9-12-22)14-3-5-16(26-2)6-4-14/h3-6,15H,7-13H2,1-2H3,(H,21,23,25). The van der Waals surface area contributed by atoms with E-state index in [-0.39, 0.29) is 24.1 Å². The lowest BCUT2D eigenvalue weighted by Crippen LogP contribution is -2.39. The van der Waals surface area contributed by atoms with Crippen LogP contribution in [0.2, 0.25) is 0 Å². The van der Waals surface area contributed by atoms with Crippen molar-refractivity contribution < 1.29 is 19.1 Å². The summed E-state index contributed by atoms with van der Waals surface area (Å²) in [4.78, 5) is 37.7. The molecule has 1 aromatic rings. The molecule has 2 saturated heterocycles. The average Bonchev–Trinajstić information content (AvgIpc) is 2.92. The summed E-state index contributed by atoms with van der Waals surface area (Å²) in [7, 11) is 1.66. The van der Waals surface area contributed by atoms with Crippen LogP contribution in [0.15, 0.2) is 24.3 Å². The summed E-state index contributed by atoms with van der Waals surface area (Å²) in [6.45, 7) is 3.23. The Balaban J connectivity index is 1.49. The zero-order valence-electron chi connectivity index (χ0n) is 15.4. The molecule has 2 aliphatic heterocycles. The van der Waals surface area contributed by atoms with Crippen molar-refractivity contribution in [2.45, 2.75) is 44.9 Å². The molecule has 3 amide bonds. The maximum absolute atomic E-state index is 12.5. The van der Waals surface area contributed by atoms with E-state index in [9.17, 15) is 14.4 Å². The highest BCUT2D eigenvalue weighted by molar-refractivity contribution is 6.05. The van der Waals surface area contributed by atoms with Gasteiger partial charge in [-0.15, -0.1) is 0 Å². The van der Waals surface area contributed by atoms with E-state index >= 15 is 0 Å². The smallest absolute Gasteiger partial charge is 0.233 e. The molecule has 0 spiro atoms. The molecule has 0 aromatic heterocycles. The van der Waals surface area contributed by atoms with Crippen LogP contribution in [0.5, 0.6) is 5.75 Å². The number of carbonyl (C=O) groups excluding carboxylic acids is 3. The molecule has 6 nitrogen and oxygen atoms in total. The summed E-state index contributed by atoms with van der Waals surface area (Å²) in [6, 6.07) is 8.14. The lowest BCUT2D eigenvalue weighted by Gasteiger charge is -2.33. The molecular weight excluding hydrogens is 332 g/mol. The maximum atomic E-state index is 12.5. The van der Waals surface area contributed by atoms with Crippen LogP contribution in [-0.4, -0.2) is 42.8 Å². The number of hydrogen-bond donors (Lipinski definition) is 1. The predicted molar refractivity (Wildman–Crippen MR) is 96.7 cm³/mol. The number of amides is 3. The van der Waals surface area contributed by atoms with Gasteiger partial charge in [0.1, 0.15) is 5.75 Å². The highest BCUT2D eigenvalue weighted by Crippen LogP contribution is 2.33. The molecule has 26 heavy (non-hydrogen) atoms. The second-order valence-electron chi connectivity index (χ2n) is 7.54. The van der Waals surface area contributed by atoms with Crippen molar-refractivity contribution in [3.63, 3.8) is 0 Å². The number of hydrogen-bond acceptors (Lipinski definition) is 4. The minimum absolute atomic E-state index is 0.0755. The summed E-state index contributed by atoms with van der Waals surface area (Å²) < 4.78 is 5.19. The number of carbonyl (C=O) groups is 3. The van der Waals surface area contributed by atoms with Crippen LogP contribution in [0, 0.1) is 5.41 Å². The van der Waals surface area contributed by atoms with Crippen molar-refractivity contribution in [1.82, 2.24) is 10.2 Å². The lowest BCUT2D eigenvalue weighted by molar-refractivity contribution is -0.133. The number of piperidine rings is 1. The zero-order valence-corrected chi connectivity index (χ0v) is 15.4. The largest absolute Gasteiger partial charge is 0.497 e. The number of rotatable bonds is 5. The number of likely N-dealkylation sites (tertiary alicyclic amines) is 1. The van der Waals surface area contributed by atoms with E-state index in [4.69, 9.17) is 4.74 Å². The van der Waals surface area contributed by atoms with Crippen molar-refractivity contribution in [2.75, 3.05) is 20.2 Å². The maximum Gasteiger partial charge on any atom is 0.233 e. The average molecular weight is 358 g/mol. The normalized spacial score (nSPS) is 23.8. The van der Waals surface area contributed by atoms with Crippen LogP contribution in [0.3, 0.4) is 0 Å². The second-order valence-corrected chi connectivity index (χ2v) is 7.54. The van der Waals surface area contributed by atoms with Gasteiger partial charge in [-0.25, -0.2) is 0 Å². The first-order chi connectivity index (χ1) is 12.4. The Morgan fingerprint density at radius 2 is 1.88 bits per heavy atom. The molecular formula is C20H26N2O4. The molecule has 2 fully saturated rings. The zero-order chi connectivity index (χ0) is 18.7. The Labute approximate surface area is 153 Å². The minimum Gasteiger partial charge on any atom is -0.497 e. The molecule has 0 bridgehead atoms. The van der Waals surface area contributed by atoms with Gasteiger partial charge in [-0.05, 0) is 42.9 Å². The second kappa shape index (κ2) is 7.48. The van der Waals surface area contributed by atoms with Crippen LogP contribution in [-0.2, 0) is 14.4 Å². The predicted octanol–water partition coefficient (Wildman–Crippen LogP) is 2.23. The summed E-state index contributed by atoms with van der Waals surface area (Å²) >= 11 is 0. The SMILES string of the molecule is COc1ccc(C2CCN(C(=O)CCC3(C)CC(=O)NC3=O)CC2)cc1. The molecule has 0 saturated carbocycles. The molecule has 1 aromatic carbocycles. The fourth-order valence-electron chi connectivity index (χ4n) is 3.84. The fraction of sp³-hybridized carbons (Fsp3) is 0.550. The first-order valence-corrected chi connectivity index (χ1v) is 9.17. The highest BCUT2D eigenvalue weighted by Gasteiger charge is 2.42. The van der Waals surface area contributed by atoms with Gasteiger partial charge >= 0.3 is 0 Å². The summed E-state index contributed by atoms with van der Waals surface area (Å²) in [5, 5.41) is 2.33. The van der Waals surface area contributed by atoms with Crippen LogP contribution in [0.25, 0.3) is 0 Å². The molecule has 140 valence electrons. The number of ether oxygens (including phenoxy) is 1. The van der Waals surface area contributed by atoms with E-state index in [1.165, 1.54) is 5.56 Å². The number of methoxy groups -OCH3 is 1. The topological polar surface area (TPSA) is 75.7 Å². The van der Waals surface area contributed by atoms with Gasteiger partial charge in [0, 0.05) is 25.9 Å². The molecule has 3 rings (SSSR count). The number of nitrogens with one attached hydrogen (secondary N) is 1. The lowest BCUT2D eigenvalue weighted by atomic mass is 9.83. The van der Waals surface area contributed by atoms with Gasteiger partial charge in [0.25, 0.3) is 0 Å². The third-order valence-electron chi connectivity index (χ3n) is 5.68. The van der Waals surface area contributed by atoms with Crippen molar-refractivity contribution >= 4 is 17.7 Å².